The monoisotopic (exact) mass is 299 g/mol. The maximum Gasteiger partial charge on any atom is 0.416 e. The number of nitrogens with two attached hydrogens (primary N) is 1. The molecule has 1 aromatic carbocycles. The van der Waals surface area contributed by atoms with E-state index in [1.165, 1.54) is 12.1 Å². The fourth-order valence-electron chi connectivity index (χ4n) is 3.31. The highest BCUT2D eigenvalue weighted by Crippen LogP contribution is 2.44. The van der Waals surface area contributed by atoms with Crippen molar-refractivity contribution in [2.75, 3.05) is 0 Å². The van der Waals surface area contributed by atoms with Crippen molar-refractivity contribution in [2.24, 2.45) is 17.1 Å². The first-order valence-corrected chi connectivity index (χ1v) is 7.52. The van der Waals surface area contributed by atoms with Gasteiger partial charge in [-0.25, -0.2) is 0 Å². The predicted octanol–water partition coefficient (Wildman–Crippen LogP) is 4.96. The third-order valence-electron chi connectivity index (χ3n) is 4.77. The van der Waals surface area contributed by atoms with E-state index < -0.39 is 11.7 Å². The second kappa shape index (κ2) is 5.64. The summed E-state index contributed by atoms with van der Waals surface area (Å²) in [4.78, 5) is 0. The lowest BCUT2D eigenvalue weighted by atomic mass is 9.66. The fraction of sp³-hybridized carbons (Fsp3) is 0.647. The zero-order chi connectivity index (χ0) is 15.8. The third kappa shape index (κ3) is 3.79. The lowest BCUT2D eigenvalue weighted by Crippen LogP contribution is -2.38. The number of benzene rings is 1. The van der Waals surface area contributed by atoms with E-state index in [4.69, 9.17) is 5.73 Å². The number of alkyl halides is 3. The van der Waals surface area contributed by atoms with Crippen LogP contribution in [0.3, 0.4) is 0 Å². The van der Waals surface area contributed by atoms with Crippen LogP contribution < -0.4 is 5.73 Å². The van der Waals surface area contributed by atoms with Crippen LogP contribution in [-0.2, 0) is 6.18 Å². The standard InChI is InChI=1S/C17H24F3N/c1-16(2,3)12-7-8-15(21)14(10-12)11-5-4-6-13(9-11)17(18,19)20/h4-6,9,12,14-15H,7-8,10,21H2,1-3H3. The molecule has 0 heterocycles. The SMILES string of the molecule is CC(C)(C)C1CCC(N)C(c2cccc(C(F)(F)F)c2)C1. The molecule has 1 aliphatic carbocycles. The quantitative estimate of drug-likeness (QED) is 0.779. The van der Waals surface area contributed by atoms with Gasteiger partial charge in [0.15, 0.2) is 0 Å². The highest BCUT2D eigenvalue weighted by Gasteiger charge is 2.36. The molecule has 118 valence electrons. The van der Waals surface area contributed by atoms with Crippen molar-refractivity contribution >= 4 is 0 Å². The van der Waals surface area contributed by atoms with E-state index in [1.807, 2.05) is 0 Å². The van der Waals surface area contributed by atoms with Gasteiger partial charge in [0.05, 0.1) is 5.56 Å². The molecule has 0 saturated heterocycles. The molecule has 0 spiro atoms. The fourth-order valence-corrected chi connectivity index (χ4v) is 3.31. The van der Waals surface area contributed by atoms with Crippen LogP contribution in [0, 0.1) is 11.3 Å². The van der Waals surface area contributed by atoms with Gasteiger partial charge in [0, 0.05) is 6.04 Å². The summed E-state index contributed by atoms with van der Waals surface area (Å²) in [5.74, 6) is 0.516. The van der Waals surface area contributed by atoms with Gasteiger partial charge in [-0.3, -0.25) is 0 Å². The van der Waals surface area contributed by atoms with Crippen molar-refractivity contribution in [3.8, 4) is 0 Å². The topological polar surface area (TPSA) is 26.0 Å². The maximum atomic E-state index is 12.9. The molecule has 21 heavy (non-hydrogen) atoms. The van der Waals surface area contributed by atoms with E-state index in [2.05, 4.69) is 20.8 Å². The lowest BCUT2D eigenvalue weighted by molar-refractivity contribution is -0.137. The number of hydrogen-bond acceptors (Lipinski definition) is 1. The molecule has 0 amide bonds. The van der Waals surface area contributed by atoms with E-state index in [0.29, 0.717) is 5.92 Å². The molecule has 0 bridgehead atoms. The molecule has 1 aliphatic rings. The van der Waals surface area contributed by atoms with Gasteiger partial charge in [-0.15, -0.1) is 0 Å². The molecule has 1 nitrogen and oxygen atoms in total. The van der Waals surface area contributed by atoms with E-state index in [1.54, 1.807) is 6.07 Å². The number of halogens is 3. The van der Waals surface area contributed by atoms with Crippen molar-refractivity contribution in [1.82, 2.24) is 0 Å². The van der Waals surface area contributed by atoms with E-state index in [9.17, 15) is 13.2 Å². The largest absolute Gasteiger partial charge is 0.416 e. The minimum absolute atomic E-state index is 0.0188. The van der Waals surface area contributed by atoms with Crippen LogP contribution in [0.25, 0.3) is 0 Å². The summed E-state index contributed by atoms with van der Waals surface area (Å²) in [5, 5.41) is 0. The van der Waals surface area contributed by atoms with Crippen molar-refractivity contribution < 1.29 is 13.2 Å². The highest BCUT2D eigenvalue weighted by molar-refractivity contribution is 5.30. The molecule has 0 aromatic heterocycles. The summed E-state index contributed by atoms with van der Waals surface area (Å²) < 4.78 is 38.6. The van der Waals surface area contributed by atoms with E-state index in [0.717, 1.165) is 30.9 Å². The molecule has 3 unspecified atom stereocenters. The van der Waals surface area contributed by atoms with Crippen molar-refractivity contribution in [2.45, 2.75) is 58.2 Å². The molecular formula is C17H24F3N. The highest BCUT2D eigenvalue weighted by atomic mass is 19.4. The third-order valence-corrected chi connectivity index (χ3v) is 4.77. The molecule has 4 heteroatoms. The zero-order valence-corrected chi connectivity index (χ0v) is 12.9. The van der Waals surface area contributed by atoms with Crippen molar-refractivity contribution in [3.05, 3.63) is 35.4 Å². The van der Waals surface area contributed by atoms with Crippen LogP contribution in [0.5, 0.6) is 0 Å². The average Bonchev–Trinajstić information content (AvgIpc) is 2.37. The Labute approximate surface area is 124 Å². The van der Waals surface area contributed by atoms with Gasteiger partial charge < -0.3 is 5.73 Å². The Morgan fingerprint density at radius 1 is 1.10 bits per heavy atom. The van der Waals surface area contributed by atoms with Gasteiger partial charge in [0.2, 0.25) is 0 Å². The number of rotatable bonds is 1. The first kappa shape index (κ1) is 16.3. The van der Waals surface area contributed by atoms with Gasteiger partial charge >= 0.3 is 6.18 Å². The zero-order valence-electron chi connectivity index (χ0n) is 12.9. The number of hydrogen-bond donors (Lipinski definition) is 1. The van der Waals surface area contributed by atoms with Crippen LogP contribution in [-0.4, -0.2) is 6.04 Å². The first-order valence-electron chi connectivity index (χ1n) is 7.52. The lowest BCUT2D eigenvalue weighted by Gasteiger charge is -2.41. The van der Waals surface area contributed by atoms with Gasteiger partial charge in [-0.05, 0) is 48.1 Å². The molecule has 1 fully saturated rings. The molecule has 2 N–H and O–H groups in total. The van der Waals surface area contributed by atoms with Crippen LogP contribution >= 0.6 is 0 Å². The molecule has 0 aliphatic heterocycles. The van der Waals surface area contributed by atoms with E-state index in [-0.39, 0.29) is 17.4 Å². The Hall–Kier alpha value is -1.03. The summed E-state index contributed by atoms with van der Waals surface area (Å²) in [6.07, 6.45) is -1.49. The molecule has 0 radical (unpaired) electrons. The van der Waals surface area contributed by atoms with Crippen LogP contribution in [0.4, 0.5) is 13.2 Å². The summed E-state index contributed by atoms with van der Waals surface area (Å²) >= 11 is 0. The first-order chi connectivity index (χ1) is 9.59. The molecule has 2 rings (SSSR count). The smallest absolute Gasteiger partial charge is 0.327 e. The molecular weight excluding hydrogens is 275 g/mol. The van der Waals surface area contributed by atoms with Gasteiger partial charge in [-0.2, -0.15) is 13.2 Å². The Morgan fingerprint density at radius 2 is 1.76 bits per heavy atom. The average molecular weight is 299 g/mol. The van der Waals surface area contributed by atoms with Crippen LogP contribution in [0.15, 0.2) is 24.3 Å². The van der Waals surface area contributed by atoms with Crippen LogP contribution in [0.2, 0.25) is 0 Å². The summed E-state index contributed by atoms with van der Waals surface area (Å²) in [6, 6.07) is 5.62. The Kier molecular flexibility index (Phi) is 4.39. The molecule has 3 atom stereocenters. The summed E-state index contributed by atoms with van der Waals surface area (Å²) in [7, 11) is 0. The second-order valence-corrected chi connectivity index (χ2v) is 7.27. The second-order valence-electron chi connectivity index (χ2n) is 7.27. The van der Waals surface area contributed by atoms with E-state index >= 15 is 0 Å². The van der Waals surface area contributed by atoms with Crippen molar-refractivity contribution in [1.29, 1.82) is 0 Å². The molecule has 1 saturated carbocycles. The maximum absolute atomic E-state index is 12.9. The molecule has 1 aromatic rings. The van der Waals surface area contributed by atoms with Crippen LogP contribution in [0.1, 0.15) is 57.1 Å². The minimum atomic E-state index is -4.29. The Balaban J connectivity index is 2.27. The predicted molar refractivity (Wildman–Crippen MR) is 79.0 cm³/mol. The Morgan fingerprint density at radius 3 is 2.33 bits per heavy atom. The van der Waals surface area contributed by atoms with Gasteiger partial charge in [0.25, 0.3) is 0 Å². The summed E-state index contributed by atoms with van der Waals surface area (Å²) in [5.41, 5.74) is 6.51. The Bertz CT molecular complexity index is 488. The summed E-state index contributed by atoms with van der Waals surface area (Å²) in [6.45, 7) is 6.58. The minimum Gasteiger partial charge on any atom is -0.327 e. The van der Waals surface area contributed by atoms with Crippen molar-refractivity contribution in [3.63, 3.8) is 0 Å². The van der Waals surface area contributed by atoms with Gasteiger partial charge in [0.1, 0.15) is 0 Å². The van der Waals surface area contributed by atoms with Gasteiger partial charge in [-0.1, -0.05) is 39.0 Å². The normalized spacial score (nSPS) is 27.7.